The standard InChI is InChI=1S/C10H20.2C5H9N4.C5H9N.Rh/c1-6-7(2)9(4)10(5)8(6)3;2*1-5(2,3)9-4-6-7-8-9;1-5(2,3)6-4;/h6-10H,1-5H3;2*1-3H3;1-3H3;/q;2*-1;;+3. The zero-order chi connectivity index (χ0) is 26.9. The quantitative estimate of drug-likeness (QED) is 0.311. The van der Waals surface area contributed by atoms with Gasteiger partial charge in [0.15, 0.2) is 0 Å². The van der Waals surface area contributed by atoms with Crippen LogP contribution in [-0.4, -0.2) is 46.0 Å². The summed E-state index contributed by atoms with van der Waals surface area (Å²) in [6.45, 7) is 36.2. The van der Waals surface area contributed by atoms with Gasteiger partial charge in [0.25, 0.3) is 0 Å². The van der Waals surface area contributed by atoms with Crippen LogP contribution in [0.15, 0.2) is 0 Å². The largest absolute Gasteiger partial charge is 3.00 e. The van der Waals surface area contributed by atoms with Crippen molar-refractivity contribution in [1.29, 1.82) is 0 Å². The van der Waals surface area contributed by atoms with Crippen LogP contribution in [0.3, 0.4) is 0 Å². The average molecular weight is 577 g/mol. The SMILES string of the molecule is CC(C)(C)n1[c-]nnn1.CC(C)(C)n1[c-]nnn1.CC1C(C)C(C)C(C)C1C.[C-]#[N+]C(C)(C)C.[Rh+3]. The van der Waals surface area contributed by atoms with Crippen molar-refractivity contribution < 1.29 is 19.5 Å². The third-order valence-corrected chi connectivity index (χ3v) is 6.38. The normalized spacial score (nSPS) is 23.7. The molecule has 0 bridgehead atoms. The third kappa shape index (κ3) is 13.2. The fraction of sp³-hybridized carbons (Fsp3) is 0.880. The molecule has 1 aliphatic rings. The molecular formula is C25H47N9Rh+. The van der Waals surface area contributed by atoms with E-state index in [2.05, 4.69) is 83.2 Å². The minimum atomic E-state index is -0.167. The summed E-state index contributed by atoms with van der Waals surface area (Å²) < 4.78 is 3.18. The molecule has 10 heteroatoms. The fourth-order valence-electron chi connectivity index (χ4n) is 3.25. The number of tetrazole rings is 2. The predicted octanol–water partition coefficient (Wildman–Crippen LogP) is 5.34. The maximum atomic E-state index is 6.48. The molecule has 35 heavy (non-hydrogen) atoms. The number of aromatic nitrogens is 8. The van der Waals surface area contributed by atoms with Gasteiger partial charge in [0.1, 0.15) is 0 Å². The van der Waals surface area contributed by atoms with Gasteiger partial charge in [-0.25, -0.2) is 19.2 Å². The first kappa shape index (κ1) is 35.4. The van der Waals surface area contributed by atoms with E-state index in [0.29, 0.717) is 0 Å². The van der Waals surface area contributed by atoms with Gasteiger partial charge in [-0.05, 0) is 71.1 Å². The maximum Gasteiger partial charge on any atom is 3.00 e. The van der Waals surface area contributed by atoms with E-state index >= 15 is 0 Å². The van der Waals surface area contributed by atoms with Gasteiger partial charge in [-0.15, -0.1) is 0 Å². The minimum Gasteiger partial charge on any atom is -0.403 e. The van der Waals surface area contributed by atoms with Crippen LogP contribution in [0, 0.1) is 48.8 Å². The summed E-state index contributed by atoms with van der Waals surface area (Å²) in [6.07, 6.45) is 5.24. The number of rotatable bonds is 0. The summed E-state index contributed by atoms with van der Waals surface area (Å²) in [6, 6.07) is 0. The Kier molecular flexibility index (Phi) is 14.9. The summed E-state index contributed by atoms with van der Waals surface area (Å²) in [4.78, 5) is 3.27. The minimum absolute atomic E-state index is 0. The van der Waals surface area contributed by atoms with E-state index in [-0.39, 0.29) is 36.1 Å². The van der Waals surface area contributed by atoms with Gasteiger partial charge in [0, 0.05) is 31.8 Å². The molecule has 0 aromatic carbocycles. The van der Waals surface area contributed by atoms with E-state index in [9.17, 15) is 0 Å². The van der Waals surface area contributed by atoms with Gasteiger partial charge in [-0.1, -0.05) is 55.5 Å². The molecule has 1 saturated carbocycles. The Morgan fingerprint density at radius 3 is 0.914 bits per heavy atom. The van der Waals surface area contributed by atoms with E-state index in [1.54, 1.807) is 9.36 Å². The second-order valence-corrected chi connectivity index (χ2v) is 12.3. The summed E-state index contributed by atoms with van der Waals surface area (Å²) in [5, 5.41) is 21.1. The second kappa shape index (κ2) is 14.7. The fourth-order valence-corrected chi connectivity index (χ4v) is 3.25. The molecule has 0 amide bonds. The van der Waals surface area contributed by atoms with E-state index in [0.717, 1.165) is 29.6 Å². The molecule has 0 saturated heterocycles. The molecular weight excluding hydrogens is 529 g/mol. The number of nitrogens with zero attached hydrogens (tertiary/aromatic N) is 9. The van der Waals surface area contributed by atoms with Crippen molar-refractivity contribution in [1.82, 2.24) is 40.4 Å². The van der Waals surface area contributed by atoms with Crippen molar-refractivity contribution in [3.8, 4) is 0 Å². The summed E-state index contributed by atoms with van der Waals surface area (Å²) in [5.41, 5.74) is -0.271. The molecule has 200 valence electrons. The first-order valence-corrected chi connectivity index (χ1v) is 12.0. The molecule has 1 aliphatic carbocycles. The topological polar surface area (TPSA) is 91.6 Å². The molecule has 0 spiro atoms. The number of hydrogen-bond acceptors (Lipinski definition) is 6. The molecule has 0 unspecified atom stereocenters. The average Bonchev–Trinajstić information content (AvgIpc) is 3.47. The third-order valence-electron chi connectivity index (χ3n) is 6.38. The zero-order valence-electron chi connectivity index (χ0n) is 24.2. The van der Waals surface area contributed by atoms with Crippen LogP contribution >= 0.6 is 0 Å². The van der Waals surface area contributed by atoms with E-state index < -0.39 is 0 Å². The van der Waals surface area contributed by atoms with Crippen LogP contribution in [-0.2, 0) is 30.6 Å². The van der Waals surface area contributed by atoms with Crippen LogP contribution in [0.4, 0.5) is 0 Å². The Hall–Kier alpha value is -1.75. The van der Waals surface area contributed by atoms with Crippen LogP contribution in [0.25, 0.3) is 4.85 Å². The van der Waals surface area contributed by atoms with Crippen molar-refractivity contribution in [2.24, 2.45) is 29.6 Å². The second-order valence-electron chi connectivity index (χ2n) is 12.3. The van der Waals surface area contributed by atoms with Crippen LogP contribution in [0.5, 0.6) is 0 Å². The Balaban J connectivity index is 0. The van der Waals surface area contributed by atoms with Crippen LogP contribution in [0.2, 0.25) is 0 Å². The molecule has 9 nitrogen and oxygen atoms in total. The maximum absolute atomic E-state index is 6.48. The molecule has 3 rings (SSSR count). The molecule has 2 aromatic heterocycles. The Morgan fingerprint density at radius 2 is 0.829 bits per heavy atom. The van der Waals surface area contributed by atoms with E-state index in [1.165, 1.54) is 0 Å². The molecule has 0 atom stereocenters. The summed E-state index contributed by atoms with van der Waals surface area (Å²) >= 11 is 0. The summed E-state index contributed by atoms with van der Waals surface area (Å²) in [7, 11) is 0. The first-order valence-electron chi connectivity index (χ1n) is 12.0. The van der Waals surface area contributed by atoms with Crippen molar-refractivity contribution >= 4 is 0 Å². The van der Waals surface area contributed by atoms with Crippen LogP contribution < -0.4 is 0 Å². The molecule has 0 aliphatic heterocycles. The van der Waals surface area contributed by atoms with E-state index in [1.807, 2.05) is 62.3 Å². The van der Waals surface area contributed by atoms with Gasteiger partial charge in [-0.3, -0.25) is 0 Å². The van der Waals surface area contributed by atoms with Crippen molar-refractivity contribution in [3.63, 3.8) is 0 Å². The van der Waals surface area contributed by atoms with Gasteiger partial charge in [0.05, 0.1) is 0 Å². The van der Waals surface area contributed by atoms with Gasteiger partial charge in [-0.2, -0.15) is 0 Å². The molecule has 2 aromatic rings. The number of hydrogen-bond donors (Lipinski definition) is 0. The molecule has 1 fully saturated rings. The van der Waals surface area contributed by atoms with Gasteiger partial charge < -0.3 is 24.4 Å². The molecule has 0 radical (unpaired) electrons. The predicted molar refractivity (Wildman–Crippen MR) is 135 cm³/mol. The monoisotopic (exact) mass is 576 g/mol. The molecule has 2 heterocycles. The zero-order valence-corrected chi connectivity index (χ0v) is 25.9. The van der Waals surface area contributed by atoms with E-state index in [4.69, 9.17) is 6.57 Å². The van der Waals surface area contributed by atoms with Crippen molar-refractivity contribution in [2.45, 2.75) is 114 Å². The van der Waals surface area contributed by atoms with Crippen molar-refractivity contribution in [2.75, 3.05) is 0 Å². The van der Waals surface area contributed by atoms with Crippen molar-refractivity contribution in [3.05, 3.63) is 24.1 Å². The van der Waals surface area contributed by atoms with Gasteiger partial charge in [0.2, 0.25) is 5.54 Å². The Labute approximate surface area is 226 Å². The molecule has 0 N–H and O–H groups in total. The Morgan fingerprint density at radius 1 is 0.600 bits per heavy atom. The smallest absolute Gasteiger partial charge is 0.403 e. The first-order chi connectivity index (χ1) is 15.3. The van der Waals surface area contributed by atoms with Gasteiger partial charge >= 0.3 is 19.5 Å². The summed E-state index contributed by atoms with van der Waals surface area (Å²) in [5.74, 6) is 4.68. The van der Waals surface area contributed by atoms with Crippen LogP contribution in [0.1, 0.15) is 96.9 Å². The Bertz CT molecular complexity index is 733.